The van der Waals surface area contributed by atoms with Gasteiger partial charge in [0.25, 0.3) is 5.91 Å². The number of carbonyl (C=O) groups is 2. The first-order valence-electron chi connectivity index (χ1n) is 7.48. The van der Waals surface area contributed by atoms with Gasteiger partial charge in [0.05, 0.1) is 12.1 Å². The SMILES string of the molecule is CN(CC(=O)Nc1sc2c(c1C(N)=O)CCC2)Cc1ccsc1. The van der Waals surface area contributed by atoms with Crippen molar-refractivity contribution >= 4 is 39.5 Å². The van der Waals surface area contributed by atoms with E-state index >= 15 is 0 Å². The summed E-state index contributed by atoms with van der Waals surface area (Å²) >= 11 is 3.13. The third-order valence-electron chi connectivity index (χ3n) is 3.87. The number of fused-ring (bicyclic) bond motifs is 1. The molecule has 0 radical (unpaired) electrons. The average Bonchev–Trinajstić information content (AvgIpc) is 3.14. The molecule has 1 aliphatic rings. The molecule has 1 aliphatic carbocycles. The lowest BCUT2D eigenvalue weighted by Gasteiger charge is -2.15. The Labute approximate surface area is 143 Å². The number of likely N-dealkylation sites (N-methyl/N-ethyl adjacent to an activating group) is 1. The van der Waals surface area contributed by atoms with Gasteiger partial charge in [-0.1, -0.05) is 0 Å². The zero-order valence-corrected chi connectivity index (χ0v) is 14.6. The Balaban J connectivity index is 1.65. The van der Waals surface area contributed by atoms with E-state index in [1.54, 1.807) is 11.3 Å². The molecule has 0 spiro atoms. The molecule has 7 heteroatoms. The highest BCUT2D eigenvalue weighted by molar-refractivity contribution is 7.17. The molecule has 2 aromatic rings. The van der Waals surface area contributed by atoms with Crippen LogP contribution < -0.4 is 11.1 Å². The van der Waals surface area contributed by atoms with Crippen molar-refractivity contribution in [2.24, 2.45) is 5.73 Å². The first-order chi connectivity index (χ1) is 11.0. The molecule has 0 atom stereocenters. The zero-order chi connectivity index (χ0) is 16.4. The lowest BCUT2D eigenvalue weighted by atomic mass is 10.1. The topological polar surface area (TPSA) is 75.4 Å². The van der Waals surface area contributed by atoms with Gasteiger partial charge in [-0.15, -0.1) is 11.3 Å². The van der Waals surface area contributed by atoms with Crippen molar-refractivity contribution in [2.45, 2.75) is 25.8 Å². The molecule has 122 valence electrons. The fourth-order valence-corrected chi connectivity index (χ4v) is 4.89. The Hall–Kier alpha value is -1.70. The smallest absolute Gasteiger partial charge is 0.251 e. The minimum Gasteiger partial charge on any atom is -0.365 e. The largest absolute Gasteiger partial charge is 0.365 e. The van der Waals surface area contributed by atoms with E-state index in [4.69, 9.17) is 5.73 Å². The Morgan fingerprint density at radius 3 is 2.91 bits per heavy atom. The first-order valence-corrected chi connectivity index (χ1v) is 9.24. The van der Waals surface area contributed by atoms with E-state index in [2.05, 4.69) is 10.7 Å². The number of amides is 2. The summed E-state index contributed by atoms with van der Waals surface area (Å²) in [4.78, 5) is 27.1. The molecule has 3 rings (SSSR count). The van der Waals surface area contributed by atoms with Crippen molar-refractivity contribution in [2.75, 3.05) is 18.9 Å². The summed E-state index contributed by atoms with van der Waals surface area (Å²) in [6.07, 6.45) is 2.89. The zero-order valence-electron chi connectivity index (χ0n) is 12.9. The fraction of sp³-hybridized carbons (Fsp3) is 0.375. The maximum Gasteiger partial charge on any atom is 0.251 e. The number of hydrogen-bond acceptors (Lipinski definition) is 5. The molecule has 0 unspecified atom stereocenters. The number of anilines is 1. The molecule has 2 aromatic heterocycles. The second-order valence-electron chi connectivity index (χ2n) is 5.78. The molecular formula is C16H19N3O2S2. The number of nitrogens with one attached hydrogen (secondary N) is 1. The van der Waals surface area contributed by atoms with Gasteiger partial charge in [0.15, 0.2) is 0 Å². The molecule has 0 bridgehead atoms. The fourth-order valence-electron chi connectivity index (χ4n) is 2.91. The molecule has 0 aliphatic heterocycles. The van der Waals surface area contributed by atoms with Gasteiger partial charge in [0.2, 0.25) is 5.91 Å². The van der Waals surface area contributed by atoms with Crippen LogP contribution >= 0.6 is 22.7 Å². The number of primary amides is 1. The van der Waals surface area contributed by atoms with Gasteiger partial charge in [-0.05, 0) is 54.3 Å². The lowest BCUT2D eigenvalue weighted by Crippen LogP contribution is -2.30. The molecule has 0 saturated heterocycles. The highest BCUT2D eigenvalue weighted by atomic mass is 32.1. The van der Waals surface area contributed by atoms with Crippen LogP contribution in [-0.4, -0.2) is 30.3 Å². The van der Waals surface area contributed by atoms with Gasteiger partial charge in [-0.2, -0.15) is 11.3 Å². The molecule has 3 N–H and O–H groups in total. The third-order valence-corrected chi connectivity index (χ3v) is 5.81. The maximum absolute atomic E-state index is 12.3. The van der Waals surface area contributed by atoms with Crippen LogP contribution in [-0.2, 0) is 24.2 Å². The van der Waals surface area contributed by atoms with E-state index in [0.717, 1.165) is 31.4 Å². The van der Waals surface area contributed by atoms with Gasteiger partial charge >= 0.3 is 0 Å². The Bertz CT molecular complexity index is 722. The molecular weight excluding hydrogens is 330 g/mol. The van der Waals surface area contributed by atoms with Crippen molar-refractivity contribution in [1.29, 1.82) is 0 Å². The Kier molecular flexibility index (Phi) is 4.79. The van der Waals surface area contributed by atoms with Crippen molar-refractivity contribution in [1.82, 2.24) is 4.90 Å². The average molecular weight is 349 g/mol. The summed E-state index contributed by atoms with van der Waals surface area (Å²) in [6.45, 7) is 0.997. The molecule has 23 heavy (non-hydrogen) atoms. The van der Waals surface area contributed by atoms with Crippen LogP contribution in [0.4, 0.5) is 5.00 Å². The summed E-state index contributed by atoms with van der Waals surface area (Å²) in [5.74, 6) is -0.573. The van der Waals surface area contributed by atoms with Gasteiger partial charge in [-0.25, -0.2) is 0 Å². The van der Waals surface area contributed by atoms with E-state index in [9.17, 15) is 9.59 Å². The normalized spacial score (nSPS) is 13.3. The third kappa shape index (κ3) is 3.63. The monoisotopic (exact) mass is 349 g/mol. The van der Waals surface area contributed by atoms with E-state index in [1.807, 2.05) is 23.4 Å². The minimum atomic E-state index is -0.452. The number of rotatable bonds is 6. The molecule has 0 saturated carbocycles. The predicted octanol–water partition coefficient (Wildman–Crippen LogP) is 2.47. The summed E-state index contributed by atoms with van der Waals surface area (Å²) in [5.41, 5.74) is 8.24. The lowest BCUT2D eigenvalue weighted by molar-refractivity contribution is -0.117. The van der Waals surface area contributed by atoms with Gasteiger partial charge in [-0.3, -0.25) is 14.5 Å². The number of carbonyl (C=O) groups excluding carboxylic acids is 2. The number of nitrogens with two attached hydrogens (primary N) is 1. The Morgan fingerprint density at radius 2 is 2.22 bits per heavy atom. The van der Waals surface area contributed by atoms with Crippen molar-refractivity contribution in [3.05, 3.63) is 38.4 Å². The van der Waals surface area contributed by atoms with Crippen LogP contribution in [0.2, 0.25) is 0 Å². The highest BCUT2D eigenvalue weighted by Gasteiger charge is 2.26. The van der Waals surface area contributed by atoms with E-state index in [0.29, 0.717) is 10.6 Å². The van der Waals surface area contributed by atoms with Gasteiger partial charge in [0, 0.05) is 11.4 Å². The summed E-state index contributed by atoms with van der Waals surface area (Å²) < 4.78 is 0. The van der Waals surface area contributed by atoms with Crippen LogP contribution in [0.25, 0.3) is 0 Å². The predicted molar refractivity (Wildman–Crippen MR) is 94.1 cm³/mol. The van der Waals surface area contributed by atoms with Crippen LogP contribution in [0.1, 0.15) is 32.8 Å². The maximum atomic E-state index is 12.3. The highest BCUT2D eigenvalue weighted by Crippen LogP contribution is 2.38. The molecule has 2 amide bonds. The standard InChI is InChI=1S/C16H19N3O2S2/c1-19(7-10-5-6-22-9-10)8-13(20)18-16-14(15(17)21)11-3-2-4-12(11)23-16/h5-6,9H,2-4,7-8H2,1H3,(H2,17,21)(H,18,20). The number of hydrogen-bond donors (Lipinski definition) is 2. The molecule has 2 heterocycles. The summed E-state index contributed by atoms with van der Waals surface area (Å²) in [7, 11) is 1.90. The number of nitrogens with zero attached hydrogens (tertiary/aromatic N) is 1. The second kappa shape index (κ2) is 6.82. The number of aryl methyl sites for hydroxylation is 1. The van der Waals surface area contributed by atoms with Crippen LogP contribution in [0, 0.1) is 0 Å². The first kappa shape index (κ1) is 16.2. The van der Waals surface area contributed by atoms with Gasteiger partial charge in [0.1, 0.15) is 5.00 Å². The quantitative estimate of drug-likeness (QED) is 0.841. The molecule has 0 aromatic carbocycles. The van der Waals surface area contributed by atoms with Crippen molar-refractivity contribution < 1.29 is 9.59 Å². The van der Waals surface area contributed by atoms with Crippen LogP contribution in [0.5, 0.6) is 0 Å². The summed E-state index contributed by atoms with van der Waals surface area (Å²) in [5, 5.41) is 7.58. The van der Waals surface area contributed by atoms with E-state index in [1.165, 1.54) is 21.8 Å². The molecule has 0 fully saturated rings. The van der Waals surface area contributed by atoms with Crippen LogP contribution in [0.3, 0.4) is 0 Å². The summed E-state index contributed by atoms with van der Waals surface area (Å²) in [6, 6.07) is 2.05. The minimum absolute atomic E-state index is 0.120. The Morgan fingerprint density at radius 1 is 1.39 bits per heavy atom. The van der Waals surface area contributed by atoms with Crippen LogP contribution in [0.15, 0.2) is 16.8 Å². The molecule has 5 nitrogen and oxygen atoms in total. The van der Waals surface area contributed by atoms with Crippen molar-refractivity contribution in [3.8, 4) is 0 Å². The van der Waals surface area contributed by atoms with E-state index < -0.39 is 5.91 Å². The number of thiophene rings is 2. The van der Waals surface area contributed by atoms with E-state index in [-0.39, 0.29) is 12.5 Å². The second-order valence-corrected chi connectivity index (χ2v) is 7.66. The van der Waals surface area contributed by atoms with Crippen molar-refractivity contribution in [3.63, 3.8) is 0 Å². The van der Waals surface area contributed by atoms with Gasteiger partial charge < -0.3 is 11.1 Å².